The maximum atomic E-state index is 4.45. The quantitative estimate of drug-likeness (QED) is 0.163. The number of nitrogens with zero attached hydrogens (tertiary/aromatic N) is 4. The molecular formula is C50H32N4. The van der Waals surface area contributed by atoms with Crippen LogP contribution in [0.3, 0.4) is 0 Å². The van der Waals surface area contributed by atoms with E-state index < -0.39 is 0 Å². The third kappa shape index (κ3) is 5.67. The minimum Gasteiger partial charge on any atom is -0.264 e. The van der Waals surface area contributed by atoms with Crippen molar-refractivity contribution in [2.24, 2.45) is 0 Å². The van der Waals surface area contributed by atoms with E-state index in [9.17, 15) is 0 Å². The van der Waals surface area contributed by atoms with Gasteiger partial charge < -0.3 is 0 Å². The maximum absolute atomic E-state index is 4.45. The van der Waals surface area contributed by atoms with Crippen LogP contribution >= 0.6 is 0 Å². The fourth-order valence-electron chi connectivity index (χ4n) is 7.80. The number of fused-ring (bicyclic) bond motifs is 5. The molecule has 0 N–H and O–H groups in total. The molecule has 4 heterocycles. The molecule has 252 valence electrons. The van der Waals surface area contributed by atoms with Gasteiger partial charge in [0.05, 0.1) is 0 Å². The van der Waals surface area contributed by atoms with Gasteiger partial charge >= 0.3 is 0 Å². The number of benzene rings is 6. The lowest BCUT2D eigenvalue weighted by molar-refractivity contribution is 1.32. The molecule has 6 aromatic carbocycles. The van der Waals surface area contributed by atoms with Crippen molar-refractivity contribution in [1.29, 1.82) is 0 Å². The molecule has 4 nitrogen and oxygen atoms in total. The van der Waals surface area contributed by atoms with Gasteiger partial charge in [-0.1, -0.05) is 72.8 Å². The Morgan fingerprint density at radius 2 is 0.519 bits per heavy atom. The Hall–Kier alpha value is -7.30. The highest BCUT2D eigenvalue weighted by Crippen LogP contribution is 2.44. The second kappa shape index (κ2) is 13.4. The van der Waals surface area contributed by atoms with E-state index in [1.807, 2.05) is 73.8 Å². The van der Waals surface area contributed by atoms with E-state index in [1.165, 1.54) is 43.4 Å². The fraction of sp³-hybridized carbons (Fsp3) is 0. The van der Waals surface area contributed by atoms with Crippen molar-refractivity contribution in [3.8, 4) is 66.8 Å². The van der Waals surface area contributed by atoms with Gasteiger partial charge in [0.15, 0.2) is 0 Å². The van der Waals surface area contributed by atoms with Gasteiger partial charge in [-0.3, -0.25) is 19.9 Å². The molecule has 0 atom stereocenters. The van der Waals surface area contributed by atoms with Crippen LogP contribution < -0.4 is 0 Å². The van der Waals surface area contributed by atoms with Crippen molar-refractivity contribution in [3.63, 3.8) is 0 Å². The number of hydrogen-bond donors (Lipinski definition) is 0. The summed E-state index contributed by atoms with van der Waals surface area (Å²) in [5, 5.41) is 7.26. The zero-order chi connectivity index (χ0) is 35.8. The molecule has 10 rings (SSSR count). The van der Waals surface area contributed by atoms with Crippen molar-refractivity contribution >= 4 is 32.3 Å². The second-order valence-corrected chi connectivity index (χ2v) is 13.6. The molecule has 0 unspecified atom stereocenters. The highest BCUT2D eigenvalue weighted by Gasteiger charge is 2.17. The summed E-state index contributed by atoms with van der Waals surface area (Å²) in [4.78, 5) is 17.8. The highest BCUT2D eigenvalue weighted by atomic mass is 14.6. The molecule has 0 amide bonds. The van der Waals surface area contributed by atoms with Gasteiger partial charge in [0, 0.05) is 71.8 Å². The Labute approximate surface area is 313 Å². The van der Waals surface area contributed by atoms with E-state index >= 15 is 0 Å². The Morgan fingerprint density at radius 1 is 0.222 bits per heavy atom. The monoisotopic (exact) mass is 688 g/mol. The van der Waals surface area contributed by atoms with Gasteiger partial charge in [-0.15, -0.1) is 0 Å². The summed E-state index contributed by atoms with van der Waals surface area (Å²) in [6, 6.07) is 52.5. The Morgan fingerprint density at radius 3 is 0.815 bits per heavy atom. The van der Waals surface area contributed by atoms with Crippen LogP contribution in [0.1, 0.15) is 0 Å². The Bertz CT molecular complexity index is 2640. The van der Waals surface area contributed by atoms with Crippen LogP contribution in [0.5, 0.6) is 0 Å². The van der Waals surface area contributed by atoms with Crippen LogP contribution in [-0.2, 0) is 0 Å². The zero-order valence-corrected chi connectivity index (χ0v) is 29.3. The van der Waals surface area contributed by atoms with Crippen LogP contribution in [0.15, 0.2) is 195 Å². The maximum Gasteiger partial charge on any atom is 0.0346 e. The number of aromatic nitrogens is 4. The van der Waals surface area contributed by atoms with Crippen molar-refractivity contribution in [2.75, 3.05) is 0 Å². The standard InChI is InChI=1S/C50H32N4/c1-3-15-45-43(13-1)47(41-23-37(33-9-5-17-51-29-33)21-38(24-41)34-10-6-18-52-30-34)27-50-46-16-4-2-14-44(46)48(28-49(45)50)42-25-39(35-11-7-19-53-31-35)22-40(26-42)36-12-8-20-54-32-36/h1-32H. The average molecular weight is 689 g/mol. The predicted molar refractivity (Wildman–Crippen MR) is 223 cm³/mol. The van der Waals surface area contributed by atoms with Gasteiger partial charge in [-0.05, 0) is 150 Å². The average Bonchev–Trinajstić information content (AvgIpc) is 3.26. The molecule has 0 saturated carbocycles. The summed E-state index contributed by atoms with van der Waals surface area (Å²) in [5.41, 5.74) is 13.4. The first-order chi connectivity index (χ1) is 26.8. The summed E-state index contributed by atoms with van der Waals surface area (Å²) in [6.45, 7) is 0. The molecule has 10 aromatic rings. The van der Waals surface area contributed by atoms with Crippen LogP contribution in [-0.4, -0.2) is 19.9 Å². The van der Waals surface area contributed by atoms with E-state index in [4.69, 9.17) is 0 Å². The lowest BCUT2D eigenvalue weighted by atomic mass is 9.85. The molecular weight excluding hydrogens is 657 g/mol. The summed E-state index contributed by atoms with van der Waals surface area (Å²) in [5.74, 6) is 0. The SMILES string of the molecule is c1cncc(-c2cc(-c3cccnc3)cc(-c3cc4c5ccccc5c(-c5cc(-c6cccnc6)cc(-c6cccnc6)c5)cc4c4ccccc34)c2)c1. The number of rotatable bonds is 6. The van der Waals surface area contributed by atoms with E-state index in [-0.39, 0.29) is 0 Å². The number of hydrogen-bond acceptors (Lipinski definition) is 4. The van der Waals surface area contributed by atoms with E-state index in [1.54, 1.807) is 0 Å². The molecule has 0 aliphatic rings. The van der Waals surface area contributed by atoms with E-state index in [2.05, 4.69) is 141 Å². The molecule has 0 fully saturated rings. The zero-order valence-electron chi connectivity index (χ0n) is 29.3. The third-order valence-corrected chi connectivity index (χ3v) is 10.3. The molecule has 0 radical (unpaired) electrons. The highest BCUT2D eigenvalue weighted by molar-refractivity contribution is 6.24. The van der Waals surface area contributed by atoms with Crippen molar-refractivity contribution < 1.29 is 0 Å². The number of pyridine rings is 4. The minimum absolute atomic E-state index is 1.07. The topological polar surface area (TPSA) is 51.6 Å². The van der Waals surface area contributed by atoms with Gasteiger partial charge in [-0.2, -0.15) is 0 Å². The van der Waals surface area contributed by atoms with Gasteiger partial charge in [-0.25, -0.2) is 0 Å². The molecule has 0 aliphatic heterocycles. The fourth-order valence-corrected chi connectivity index (χ4v) is 7.80. The summed E-state index contributed by atoms with van der Waals surface area (Å²) in [7, 11) is 0. The first-order valence-electron chi connectivity index (χ1n) is 18.1. The lowest BCUT2D eigenvalue weighted by Crippen LogP contribution is -1.92. The lowest BCUT2D eigenvalue weighted by Gasteiger charge is -2.18. The van der Waals surface area contributed by atoms with Crippen molar-refractivity contribution in [1.82, 2.24) is 19.9 Å². The third-order valence-electron chi connectivity index (χ3n) is 10.3. The molecule has 4 heteroatoms. The molecule has 0 bridgehead atoms. The summed E-state index contributed by atoms with van der Waals surface area (Å²) >= 11 is 0. The Balaban J connectivity index is 1.25. The predicted octanol–water partition coefficient (Wildman–Crippen LogP) is 12.7. The normalized spacial score (nSPS) is 11.3. The van der Waals surface area contributed by atoms with E-state index in [0.717, 1.165) is 55.6 Å². The van der Waals surface area contributed by atoms with E-state index in [0.29, 0.717) is 0 Å². The largest absolute Gasteiger partial charge is 0.264 e. The molecule has 0 aliphatic carbocycles. The Kier molecular flexibility index (Phi) is 7.77. The minimum atomic E-state index is 1.07. The second-order valence-electron chi connectivity index (χ2n) is 13.6. The molecule has 4 aromatic heterocycles. The van der Waals surface area contributed by atoms with Crippen LogP contribution in [0, 0.1) is 0 Å². The first kappa shape index (κ1) is 31.4. The summed E-state index contributed by atoms with van der Waals surface area (Å²) < 4.78 is 0. The molecule has 54 heavy (non-hydrogen) atoms. The smallest absolute Gasteiger partial charge is 0.0346 e. The van der Waals surface area contributed by atoms with Crippen LogP contribution in [0.25, 0.3) is 99.1 Å². The van der Waals surface area contributed by atoms with Gasteiger partial charge in [0.2, 0.25) is 0 Å². The van der Waals surface area contributed by atoms with Crippen molar-refractivity contribution in [3.05, 3.63) is 195 Å². The first-order valence-corrected chi connectivity index (χ1v) is 18.1. The molecule has 0 saturated heterocycles. The van der Waals surface area contributed by atoms with Gasteiger partial charge in [0.1, 0.15) is 0 Å². The van der Waals surface area contributed by atoms with Gasteiger partial charge in [0.25, 0.3) is 0 Å². The summed E-state index contributed by atoms with van der Waals surface area (Å²) in [6.07, 6.45) is 15.0. The van der Waals surface area contributed by atoms with Crippen LogP contribution in [0.4, 0.5) is 0 Å². The van der Waals surface area contributed by atoms with Crippen molar-refractivity contribution in [2.45, 2.75) is 0 Å². The molecule has 0 spiro atoms. The van der Waals surface area contributed by atoms with Crippen LogP contribution in [0.2, 0.25) is 0 Å².